The van der Waals surface area contributed by atoms with Crippen LogP contribution in [0.15, 0.2) is 0 Å². The van der Waals surface area contributed by atoms with Gasteiger partial charge in [0, 0.05) is 13.1 Å². The van der Waals surface area contributed by atoms with Crippen LogP contribution in [0.3, 0.4) is 0 Å². The van der Waals surface area contributed by atoms with Gasteiger partial charge in [-0.25, -0.2) is 0 Å². The summed E-state index contributed by atoms with van der Waals surface area (Å²) in [5.74, 6) is -1.12. The van der Waals surface area contributed by atoms with Crippen LogP contribution in [0.25, 0.3) is 0 Å². The predicted molar refractivity (Wildman–Crippen MR) is 55.1 cm³/mol. The normalized spacial score (nSPS) is 16.6. The molecule has 0 aromatic rings. The van der Waals surface area contributed by atoms with Gasteiger partial charge in [0.05, 0.1) is 12.1 Å². The van der Waals surface area contributed by atoms with E-state index in [1.807, 2.05) is 0 Å². The number of hydrogen-bond acceptors (Lipinski definition) is 3. The predicted octanol–water partition coefficient (Wildman–Crippen LogP) is -0.504. The Morgan fingerprint density at radius 3 is 2.33 bits per heavy atom. The number of nitrogens with zero attached hydrogens (tertiary/aromatic N) is 1. The minimum absolute atomic E-state index is 0.188. The van der Waals surface area contributed by atoms with E-state index < -0.39 is 17.4 Å². The molecule has 0 aromatic carbocycles. The molecule has 2 amide bonds. The van der Waals surface area contributed by atoms with Crippen LogP contribution < -0.4 is 5.32 Å². The monoisotopic (exact) mass is 214 g/mol. The van der Waals surface area contributed by atoms with Crippen molar-refractivity contribution in [2.24, 2.45) is 0 Å². The number of aliphatic hydroxyl groups is 1. The van der Waals surface area contributed by atoms with E-state index in [1.165, 1.54) is 0 Å². The maximum Gasteiger partial charge on any atom is 0.311 e. The van der Waals surface area contributed by atoms with Gasteiger partial charge in [0.2, 0.25) is 0 Å². The fourth-order valence-electron chi connectivity index (χ4n) is 1.46. The molecule has 1 saturated heterocycles. The van der Waals surface area contributed by atoms with Gasteiger partial charge >= 0.3 is 11.8 Å². The van der Waals surface area contributed by atoms with Gasteiger partial charge in [0.1, 0.15) is 0 Å². The van der Waals surface area contributed by atoms with Gasteiger partial charge in [0.25, 0.3) is 0 Å². The molecule has 0 atom stereocenters. The topological polar surface area (TPSA) is 69.6 Å². The second kappa shape index (κ2) is 4.61. The first-order valence-electron chi connectivity index (χ1n) is 5.18. The number of hydrogen-bond donors (Lipinski definition) is 2. The lowest BCUT2D eigenvalue weighted by Gasteiger charge is -2.24. The standard InChI is InChI=1S/C10H18N2O3/c1-10(2,7-13)11-8(14)9(15)12-5-3-4-6-12/h13H,3-7H2,1-2H3,(H,11,14). The minimum atomic E-state index is -0.744. The van der Waals surface area contributed by atoms with Crippen LogP contribution in [0.5, 0.6) is 0 Å². The number of aliphatic hydroxyl groups excluding tert-OH is 1. The molecule has 1 aliphatic heterocycles. The van der Waals surface area contributed by atoms with E-state index in [1.54, 1.807) is 18.7 Å². The first kappa shape index (κ1) is 12.0. The summed E-state index contributed by atoms with van der Waals surface area (Å²) in [6.07, 6.45) is 1.92. The van der Waals surface area contributed by atoms with Crippen molar-refractivity contribution in [3.8, 4) is 0 Å². The van der Waals surface area contributed by atoms with Gasteiger partial charge in [0.15, 0.2) is 0 Å². The molecule has 1 aliphatic rings. The maximum absolute atomic E-state index is 11.6. The zero-order chi connectivity index (χ0) is 11.5. The first-order chi connectivity index (χ1) is 6.96. The van der Waals surface area contributed by atoms with E-state index in [0.29, 0.717) is 13.1 Å². The fourth-order valence-corrected chi connectivity index (χ4v) is 1.46. The SMILES string of the molecule is CC(C)(CO)NC(=O)C(=O)N1CCCC1. The molecule has 1 fully saturated rings. The van der Waals surface area contributed by atoms with E-state index in [9.17, 15) is 9.59 Å². The van der Waals surface area contributed by atoms with E-state index in [0.717, 1.165) is 12.8 Å². The van der Waals surface area contributed by atoms with Crippen LogP contribution in [-0.2, 0) is 9.59 Å². The second-order valence-corrected chi connectivity index (χ2v) is 4.50. The molecular weight excluding hydrogens is 196 g/mol. The van der Waals surface area contributed by atoms with Gasteiger partial charge in [-0.15, -0.1) is 0 Å². The van der Waals surface area contributed by atoms with Crippen molar-refractivity contribution in [2.45, 2.75) is 32.2 Å². The smallest absolute Gasteiger partial charge is 0.311 e. The molecule has 0 unspecified atom stereocenters. The molecular formula is C10H18N2O3. The third kappa shape index (κ3) is 3.20. The lowest BCUT2D eigenvalue weighted by atomic mass is 10.1. The Labute approximate surface area is 89.4 Å². The number of carbonyl (C=O) groups excluding carboxylic acids is 2. The molecule has 0 aliphatic carbocycles. The van der Waals surface area contributed by atoms with E-state index in [2.05, 4.69) is 5.32 Å². The van der Waals surface area contributed by atoms with Gasteiger partial charge in [-0.2, -0.15) is 0 Å². The molecule has 2 N–H and O–H groups in total. The summed E-state index contributed by atoms with van der Waals surface area (Å²) in [4.78, 5) is 24.6. The molecule has 5 nitrogen and oxygen atoms in total. The highest BCUT2D eigenvalue weighted by atomic mass is 16.3. The van der Waals surface area contributed by atoms with Gasteiger partial charge in [-0.1, -0.05) is 0 Å². The van der Waals surface area contributed by atoms with Crippen molar-refractivity contribution in [1.29, 1.82) is 0 Å². The molecule has 1 rings (SSSR count). The third-order valence-corrected chi connectivity index (χ3v) is 2.43. The number of rotatable bonds is 2. The van der Waals surface area contributed by atoms with Crippen molar-refractivity contribution in [3.05, 3.63) is 0 Å². The van der Waals surface area contributed by atoms with Crippen LogP contribution in [0.2, 0.25) is 0 Å². The zero-order valence-corrected chi connectivity index (χ0v) is 9.25. The van der Waals surface area contributed by atoms with Crippen LogP contribution in [0.4, 0.5) is 0 Å². The number of carbonyl (C=O) groups is 2. The van der Waals surface area contributed by atoms with E-state index >= 15 is 0 Å². The van der Waals surface area contributed by atoms with Crippen LogP contribution in [0, 0.1) is 0 Å². The Morgan fingerprint density at radius 1 is 1.33 bits per heavy atom. The molecule has 1 heterocycles. The van der Waals surface area contributed by atoms with Crippen molar-refractivity contribution in [1.82, 2.24) is 10.2 Å². The highest BCUT2D eigenvalue weighted by Gasteiger charge is 2.28. The Morgan fingerprint density at radius 2 is 1.87 bits per heavy atom. The second-order valence-electron chi connectivity index (χ2n) is 4.50. The van der Waals surface area contributed by atoms with E-state index in [-0.39, 0.29) is 6.61 Å². The van der Waals surface area contributed by atoms with Gasteiger partial charge < -0.3 is 15.3 Å². The third-order valence-electron chi connectivity index (χ3n) is 2.43. The van der Waals surface area contributed by atoms with Crippen molar-refractivity contribution < 1.29 is 14.7 Å². The average Bonchev–Trinajstić information content (AvgIpc) is 2.68. The first-order valence-corrected chi connectivity index (χ1v) is 5.18. The molecule has 0 aromatic heterocycles. The Kier molecular flexibility index (Phi) is 3.68. The average molecular weight is 214 g/mol. The summed E-state index contributed by atoms with van der Waals surface area (Å²) >= 11 is 0. The highest BCUT2D eigenvalue weighted by Crippen LogP contribution is 2.08. The lowest BCUT2D eigenvalue weighted by molar-refractivity contribution is -0.146. The molecule has 15 heavy (non-hydrogen) atoms. The Hall–Kier alpha value is -1.10. The Bertz CT molecular complexity index is 257. The van der Waals surface area contributed by atoms with Crippen LogP contribution in [-0.4, -0.2) is 47.1 Å². The summed E-state index contributed by atoms with van der Waals surface area (Å²) in [5, 5.41) is 11.5. The van der Waals surface area contributed by atoms with Crippen molar-refractivity contribution >= 4 is 11.8 Å². The number of nitrogens with one attached hydrogen (secondary N) is 1. The summed E-state index contributed by atoms with van der Waals surface area (Å²) in [5.41, 5.74) is -0.744. The minimum Gasteiger partial charge on any atom is -0.394 e. The zero-order valence-electron chi connectivity index (χ0n) is 9.25. The quantitative estimate of drug-likeness (QED) is 0.609. The fraction of sp³-hybridized carbons (Fsp3) is 0.800. The maximum atomic E-state index is 11.6. The molecule has 0 bridgehead atoms. The summed E-state index contributed by atoms with van der Waals surface area (Å²) in [7, 11) is 0. The molecule has 0 radical (unpaired) electrons. The molecule has 5 heteroatoms. The molecule has 86 valence electrons. The summed E-state index contributed by atoms with van der Waals surface area (Å²) in [6.45, 7) is 4.47. The lowest BCUT2D eigenvalue weighted by Crippen LogP contribution is -2.52. The summed E-state index contributed by atoms with van der Waals surface area (Å²) < 4.78 is 0. The summed E-state index contributed by atoms with van der Waals surface area (Å²) in [6, 6.07) is 0. The van der Waals surface area contributed by atoms with Crippen LogP contribution in [0.1, 0.15) is 26.7 Å². The highest BCUT2D eigenvalue weighted by molar-refractivity contribution is 6.35. The van der Waals surface area contributed by atoms with Crippen molar-refractivity contribution in [3.63, 3.8) is 0 Å². The number of amides is 2. The van der Waals surface area contributed by atoms with E-state index in [4.69, 9.17) is 5.11 Å². The van der Waals surface area contributed by atoms with Gasteiger partial charge in [-0.05, 0) is 26.7 Å². The van der Waals surface area contributed by atoms with Crippen molar-refractivity contribution in [2.75, 3.05) is 19.7 Å². The number of likely N-dealkylation sites (tertiary alicyclic amines) is 1. The largest absolute Gasteiger partial charge is 0.394 e. The van der Waals surface area contributed by atoms with Crippen LogP contribution >= 0.6 is 0 Å². The molecule has 0 saturated carbocycles. The molecule has 0 spiro atoms. The Balaban J connectivity index is 2.49. The van der Waals surface area contributed by atoms with Gasteiger partial charge in [-0.3, -0.25) is 9.59 Å².